The van der Waals surface area contributed by atoms with Crippen LogP contribution in [0, 0.1) is 0 Å². The third-order valence-electron chi connectivity index (χ3n) is 4.93. The van der Waals surface area contributed by atoms with E-state index in [4.69, 9.17) is 35.4 Å². The zero-order valence-corrected chi connectivity index (χ0v) is 21.8. The highest BCUT2D eigenvalue weighted by atomic mass is 32.3. The Labute approximate surface area is 213 Å². The standard InChI is InChI=1S/C16H29N5O12S3/c1-3-19(16(22)31-9-11(33-21(25)26)10-32-20(23)24)13-8-18(5-4-6-30-2)36(28,29)15-12(13)7-14(34-15)35(17)27/h7,11,13,23-26H,3-6,8-10,17H2,1-2H3/t11?,13-,35?/m0/s1. The van der Waals surface area contributed by atoms with E-state index in [0.717, 1.165) is 11.3 Å². The zero-order valence-electron chi connectivity index (χ0n) is 19.3. The van der Waals surface area contributed by atoms with Gasteiger partial charge in [0.25, 0.3) is 10.0 Å². The van der Waals surface area contributed by atoms with Gasteiger partial charge in [0.15, 0.2) is 0 Å². The molecule has 0 bridgehead atoms. The number of likely N-dealkylation sites (N-methyl/N-ethyl adjacent to an activating group) is 1. The fourth-order valence-corrected chi connectivity index (χ4v) is 7.49. The van der Waals surface area contributed by atoms with Gasteiger partial charge in [-0.15, -0.1) is 5.14 Å². The lowest BCUT2D eigenvalue weighted by Crippen LogP contribution is -2.47. The summed E-state index contributed by atoms with van der Waals surface area (Å²) in [5.74, 6) is 0. The lowest BCUT2D eigenvalue weighted by Gasteiger charge is -2.37. The fourth-order valence-electron chi connectivity index (χ4n) is 3.38. The number of amides is 1. The van der Waals surface area contributed by atoms with E-state index in [-0.39, 0.29) is 33.6 Å². The number of hydrogen-bond donors (Lipinski definition) is 5. The van der Waals surface area contributed by atoms with Gasteiger partial charge in [0.05, 0.1) is 28.2 Å². The molecule has 2 rings (SSSR count). The molecule has 3 atom stereocenters. The SMILES string of the molecule is CCN(C(=O)OCC(CON(O)O)ON(O)O)[C@H]1CN(CCCOC)S(=O)(=O)c2sc([S+](N)[O-])cc21. The molecule has 0 aromatic carbocycles. The summed E-state index contributed by atoms with van der Waals surface area (Å²) in [5, 5.41) is 39.2. The Kier molecular flexibility index (Phi) is 12.1. The molecule has 0 spiro atoms. The second-order valence-electron chi connectivity index (χ2n) is 7.22. The third kappa shape index (κ3) is 8.14. The molecule has 17 nitrogen and oxygen atoms in total. The van der Waals surface area contributed by atoms with Crippen molar-refractivity contribution in [2.75, 3.05) is 46.6 Å². The fraction of sp³-hybridized carbons (Fsp3) is 0.688. The number of thiophene rings is 1. The number of sulfonamides is 1. The smallest absolute Gasteiger partial charge is 0.410 e. The van der Waals surface area contributed by atoms with Crippen molar-refractivity contribution in [1.82, 2.24) is 20.0 Å². The van der Waals surface area contributed by atoms with Crippen LogP contribution in [0.3, 0.4) is 0 Å². The van der Waals surface area contributed by atoms with Gasteiger partial charge in [-0.1, -0.05) is 11.3 Å². The van der Waals surface area contributed by atoms with Gasteiger partial charge in [-0.05, 0) is 13.3 Å². The van der Waals surface area contributed by atoms with E-state index in [0.29, 0.717) is 13.0 Å². The quantitative estimate of drug-likeness (QED) is 0.108. The summed E-state index contributed by atoms with van der Waals surface area (Å²) in [6, 6.07) is 0.554. The minimum Gasteiger partial charge on any atom is -0.592 e. The molecule has 2 heterocycles. The molecule has 6 N–H and O–H groups in total. The Hall–Kier alpha value is -1.21. The van der Waals surface area contributed by atoms with Crippen molar-refractivity contribution < 1.29 is 57.7 Å². The lowest BCUT2D eigenvalue weighted by atomic mass is 10.1. The summed E-state index contributed by atoms with van der Waals surface area (Å²) in [4.78, 5) is 23.1. The summed E-state index contributed by atoms with van der Waals surface area (Å²) in [7, 11) is -2.47. The normalized spacial score (nSPS) is 19.3. The number of rotatable bonds is 14. The first kappa shape index (κ1) is 31.0. The topological polar surface area (TPSA) is 231 Å². The Balaban J connectivity index is 2.29. The molecule has 1 aromatic rings. The Bertz CT molecular complexity index is 947. The Morgan fingerprint density at radius 2 is 2.03 bits per heavy atom. The maximum absolute atomic E-state index is 13.2. The predicted octanol–water partition coefficient (Wildman–Crippen LogP) is -0.338. The summed E-state index contributed by atoms with van der Waals surface area (Å²) in [6.45, 7) is 0.693. The highest BCUT2D eigenvalue weighted by molar-refractivity contribution is 7.94. The van der Waals surface area contributed by atoms with Crippen LogP contribution in [0.5, 0.6) is 0 Å². The molecule has 1 aliphatic heterocycles. The molecule has 0 saturated heterocycles. The molecule has 1 aromatic heterocycles. The molecule has 36 heavy (non-hydrogen) atoms. The molecular formula is C16H29N5O12S3. The van der Waals surface area contributed by atoms with Crippen molar-refractivity contribution in [1.29, 1.82) is 0 Å². The molecule has 0 radical (unpaired) electrons. The number of fused-ring (bicyclic) bond motifs is 1. The van der Waals surface area contributed by atoms with Gasteiger partial charge in [0.1, 0.15) is 23.5 Å². The van der Waals surface area contributed by atoms with E-state index < -0.39 is 63.6 Å². The molecule has 2 unspecified atom stereocenters. The summed E-state index contributed by atoms with van der Waals surface area (Å²) in [5.41, 5.74) is 0.236. The highest BCUT2D eigenvalue weighted by Gasteiger charge is 2.43. The molecule has 0 fully saturated rings. The maximum atomic E-state index is 13.2. The number of methoxy groups -OCH3 is 1. The number of carbonyl (C=O) groups is 1. The van der Waals surface area contributed by atoms with E-state index in [1.165, 1.54) is 22.4 Å². The molecule has 1 amide bonds. The number of ether oxygens (including phenoxy) is 2. The van der Waals surface area contributed by atoms with Crippen molar-refractivity contribution >= 4 is 38.8 Å². The zero-order chi connectivity index (χ0) is 27.0. The average Bonchev–Trinajstić information content (AvgIpc) is 3.26. The van der Waals surface area contributed by atoms with Crippen LogP contribution in [0.25, 0.3) is 0 Å². The van der Waals surface area contributed by atoms with Crippen LogP contribution in [0.4, 0.5) is 4.79 Å². The van der Waals surface area contributed by atoms with E-state index in [1.807, 2.05) is 0 Å². The van der Waals surface area contributed by atoms with Crippen LogP contribution >= 0.6 is 11.3 Å². The van der Waals surface area contributed by atoms with Crippen molar-refractivity contribution in [2.24, 2.45) is 5.14 Å². The number of nitrogens with two attached hydrogens (primary N) is 1. The molecule has 208 valence electrons. The van der Waals surface area contributed by atoms with Gasteiger partial charge in [0, 0.05) is 45.0 Å². The second kappa shape index (κ2) is 14.1. The van der Waals surface area contributed by atoms with Gasteiger partial charge in [-0.3, -0.25) is 20.8 Å². The van der Waals surface area contributed by atoms with Crippen molar-refractivity contribution in [2.45, 2.75) is 33.9 Å². The first-order valence-electron chi connectivity index (χ1n) is 10.3. The monoisotopic (exact) mass is 579 g/mol. The highest BCUT2D eigenvalue weighted by Crippen LogP contribution is 2.42. The van der Waals surface area contributed by atoms with Gasteiger partial charge >= 0.3 is 6.09 Å². The Morgan fingerprint density at radius 1 is 1.33 bits per heavy atom. The molecular weight excluding hydrogens is 550 g/mol. The molecule has 20 heteroatoms. The van der Waals surface area contributed by atoms with E-state index in [1.54, 1.807) is 6.92 Å². The first-order valence-corrected chi connectivity index (χ1v) is 13.8. The van der Waals surface area contributed by atoms with Crippen molar-refractivity contribution in [3.05, 3.63) is 11.6 Å². The summed E-state index contributed by atoms with van der Waals surface area (Å²) in [6.07, 6.45) is -1.92. The number of nitrogens with zero attached hydrogens (tertiary/aromatic N) is 4. The van der Waals surface area contributed by atoms with Crippen molar-refractivity contribution in [3.63, 3.8) is 0 Å². The summed E-state index contributed by atoms with van der Waals surface area (Å²) >= 11 is -1.20. The van der Waals surface area contributed by atoms with E-state index >= 15 is 0 Å². The van der Waals surface area contributed by atoms with E-state index in [9.17, 15) is 17.8 Å². The van der Waals surface area contributed by atoms with Crippen LogP contribution < -0.4 is 5.14 Å². The largest absolute Gasteiger partial charge is 0.592 e. The van der Waals surface area contributed by atoms with E-state index in [2.05, 4.69) is 9.68 Å². The summed E-state index contributed by atoms with van der Waals surface area (Å²) < 4.78 is 49.7. The van der Waals surface area contributed by atoms with Gasteiger partial charge < -0.3 is 18.9 Å². The maximum Gasteiger partial charge on any atom is 0.410 e. The number of carbonyl (C=O) groups excluding carboxylic acids is 1. The van der Waals surface area contributed by atoms with Gasteiger partial charge in [0.2, 0.25) is 4.21 Å². The molecule has 0 aliphatic carbocycles. The second-order valence-corrected chi connectivity index (χ2v) is 11.7. The minimum atomic E-state index is -3.95. The van der Waals surface area contributed by atoms with Crippen LogP contribution in [0.2, 0.25) is 0 Å². The lowest BCUT2D eigenvalue weighted by molar-refractivity contribution is -0.527. The average molecular weight is 580 g/mol. The van der Waals surface area contributed by atoms with Crippen molar-refractivity contribution in [3.8, 4) is 0 Å². The first-order chi connectivity index (χ1) is 16.9. The predicted molar refractivity (Wildman–Crippen MR) is 118 cm³/mol. The van der Waals surface area contributed by atoms with Crippen LogP contribution in [-0.4, -0.2) is 113 Å². The molecule has 0 saturated carbocycles. The number of hydrogen-bond acceptors (Lipinski definition) is 16. The third-order valence-corrected chi connectivity index (χ3v) is 9.52. The Morgan fingerprint density at radius 3 is 2.58 bits per heavy atom. The van der Waals surface area contributed by atoms with Gasteiger partial charge in [-0.25, -0.2) is 22.9 Å². The van der Waals surface area contributed by atoms with Gasteiger partial charge in [-0.2, -0.15) is 4.31 Å². The minimum absolute atomic E-state index is 0.0704. The van der Waals surface area contributed by atoms with Crippen LogP contribution in [0.15, 0.2) is 14.5 Å². The molecule has 1 aliphatic rings. The van der Waals surface area contributed by atoms with Crippen LogP contribution in [0.1, 0.15) is 24.9 Å². The van der Waals surface area contributed by atoms with Crippen LogP contribution in [-0.2, 0) is 40.5 Å².